The van der Waals surface area contributed by atoms with Gasteiger partial charge in [0.25, 0.3) is 0 Å². The minimum absolute atomic E-state index is 0.132. The second-order valence-corrected chi connectivity index (χ2v) is 6.09. The summed E-state index contributed by atoms with van der Waals surface area (Å²) in [4.78, 5) is 10.9. The third-order valence-electron chi connectivity index (χ3n) is 2.16. The largest absolute Gasteiger partial charge is 0.469 e. The fourth-order valence-corrected chi connectivity index (χ4v) is 2.90. The van der Waals surface area contributed by atoms with Crippen molar-refractivity contribution in [2.75, 3.05) is 12.9 Å². The standard InChI is InChI=1S/C11H23NO2S/c1-8(12)10(11(2,3)4)15-7-6-9(13)14-5/h8,10H,6-7,12H2,1-5H3. The summed E-state index contributed by atoms with van der Waals surface area (Å²) in [6.07, 6.45) is 0.459. The van der Waals surface area contributed by atoms with Gasteiger partial charge in [-0.15, -0.1) is 0 Å². The van der Waals surface area contributed by atoms with E-state index >= 15 is 0 Å². The third kappa shape index (κ3) is 6.05. The smallest absolute Gasteiger partial charge is 0.306 e. The highest BCUT2D eigenvalue weighted by atomic mass is 32.2. The summed E-state index contributed by atoms with van der Waals surface area (Å²) >= 11 is 1.75. The fraction of sp³-hybridized carbons (Fsp3) is 0.909. The summed E-state index contributed by atoms with van der Waals surface area (Å²) < 4.78 is 4.59. The number of hydrogen-bond donors (Lipinski definition) is 1. The Bertz CT molecular complexity index is 199. The van der Waals surface area contributed by atoms with Gasteiger partial charge in [-0.1, -0.05) is 20.8 Å². The van der Waals surface area contributed by atoms with Crippen LogP contribution in [0.3, 0.4) is 0 Å². The van der Waals surface area contributed by atoms with E-state index in [2.05, 4.69) is 25.5 Å². The zero-order chi connectivity index (χ0) is 12.1. The van der Waals surface area contributed by atoms with Gasteiger partial charge < -0.3 is 10.5 Å². The number of carbonyl (C=O) groups excluding carboxylic acids is 1. The second-order valence-electron chi connectivity index (χ2n) is 4.84. The van der Waals surface area contributed by atoms with Gasteiger partial charge in [-0.3, -0.25) is 4.79 Å². The van der Waals surface area contributed by atoms with Gasteiger partial charge in [-0.2, -0.15) is 11.8 Å². The van der Waals surface area contributed by atoms with Crippen LogP contribution in [0.2, 0.25) is 0 Å². The Hall–Kier alpha value is -0.220. The molecule has 2 N–H and O–H groups in total. The zero-order valence-corrected chi connectivity index (χ0v) is 11.2. The minimum Gasteiger partial charge on any atom is -0.469 e. The SMILES string of the molecule is COC(=O)CCSC(C(C)N)C(C)(C)C. The summed E-state index contributed by atoms with van der Waals surface area (Å²) in [5, 5.41) is 0.363. The zero-order valence-electron chi connectivity index (χ0n) is 10.4. The monoisotopic (exact) mass is 233 g/mol. The van der Waals surface area contributed by atoms with Crippen molar-refractivity contribution in [3.63, 3.8) is 0 Å². The average molecular weight is 233 g/mol. The molecule has 0 fully saturated rings. The lowest BCUT2D eigenvalue weighted by molar-refractivity contribution is -0.140. The summed E-state index contributed by atoms with van der Waals surface area (Å²) in [6.45, 7) is 8.53. The van der Waals surface area contributed by atoms with Gasteiger partial charge in [0.15, 0.2) is 0 Å². The molecule has 90 valence electrons. The van der Waals surface area contributed by atoms with E-state index in [9.17, 15) is 4.79 Å². The first-order chi connectivity index (χ1) is 6.79. The van der Waals surface area contributed by atoms with Crippen LogP contribution in [0.5, 0.6) is 0 Å². The first kappa shape index (κ1) is 14.8. The van der Waals surface area contributed by atoms with Crippen LogP contribution in [-0.4, -0.2) is 30.1 Å². The van der Waals surface area contributed by atoms with Crippen LogP contribution in [0.25, 0.3) is 0 Å². The Morgan fingerprint density at radius 1 is 1.47 bits per heavy atom. The maximum absolute atomic E-state index is 10.9. The van der Waals surface area contributed by atoms with Crippen LogP contribution in [0.1, 0.15) is 34.1 Å². The summed E-state index contributed by atoms with van der Waals surface area (Å²) in [7, 11) is 1.42. The first-order valence-electron chi connectivity index (χ1n) is 5.23. The van der Waals surface area contributed by atoms with E-state index in [1.165, 1.54) is 7.11 Å². The number of methoxy groups -OCH3 is 1. The fourth-order valence-electron chi connectivity index (χ4n) is 1.56. The third-order valence-corrected chi connectivity index (χ3v) is 4.10. The molecule has 4 heteroatoms. The van der Waals surface area contributed by atoms with Crippen molar-refractivity contribution in [3.8, 4) is 0 Å². The highest BCUT2D eigenvalue weighted by molar-refractivity contribution is 8.00. The molecular formula is C11H23NO2S. The van der Waals surface area contributed by atoms with Crippen molar-refractivity contribution in [2.45, 2.75) is 45.4 Å². The van der Waals surface area contributed by atoms with Crippen LogP contribution in [0.4, 0.5) is 0 Å². The van der Waals surface area contributed by atoms with E-state index in [1.807, 2.05) is 6.92 Å². The maximum atomic E-state index is 10.9. The van der Waals surface area contributed by atoms with E-state index < -0.39 is 0 Å². The highest BCUT2D eigenvalue weighted by Crippen LogP contribution is 2.32. The van der Waals surface area contributed by atoms with E-state index in [1.54, 1.807) is 11.8 Å². The quantitative estimate of drug-likeness (QED) is 0.738. The van der Waals surface area contributed by atoms with E-state index in [0.717, 1.165) is 5.75 Å². The van der Waals surface area contributed by atoms with Crippen molar-refractivity contribution in [1.82, 2.24) is 0 Å². The Kier molecular flexibility index (Phi) is 6.29. The lowest BCUT2D eigenvalue weighted by Crippen LogP contribution is -2.39. The van der Waals surface area contributed by atoms with Crippen LogP contribution in [0, 0.1) is 5.41 Å². The molecule has 0 saturated carbocycles. The Balaban J connectivity index is 4.04. The van der Waals surface area contributed by atoms with Crippen molar-refractivity contribution in [2.24, 2.45) is 11.1 Å². The number of thioether (sulfide) groups is 1. The molecule has 0 bridgehead atoms. The van der Waals surface area contributed by atoms with E-state index in [-0.39, 0.29) is 17.4 Å². The van der Waals surface area contributed by atoms with Crippen molar-refractivity contribution in [1.29, 1.82) is 0 Å². The molecule has 0 spiro atoms. The normalized spacial score (nSPS) is 15.9. The lowest BCUT2D eigenvalue weighted by atomic mass is 9.88. The van der Waals surface area contributed by atoms with Crippen LogP contribution < -0.4 is 5.73 Å². The molecule has 0 aliphatic rings. The summed E-state index contributed by atoms with van der Waals surface area (Å²) in [5.41, 5.74) is 6.10. The van der Waals surface area contributed by atoms with Gasteiger partial charge in [0.2, 0.25) is 0 Å². The summed E-state index contributed by atoms with van der Waals surface area (Å²) in [5.74, 6) is 0.621. The minimum atomic E-state index is -0.153. The predicted molar refractivity (Wildman–Crippen MR) is 66.0 cm³/mol. The average Bonchev–Trinajstić information content (AvgIpc) is 2.09. The molecule has 0 heterocycles. The predicted octanol–water partition coefficient (Wildman–Crippen LogP) is 2.04. The van der Waals surface area contributed by atoms with Crippen molar-refractivity contribution < 1.29 is 9.53 Å². The van der Waals surface area contributed by atoms with Gasteiger partial charge in [0.1, 0.15) is 0 Å². The Labute approximate surface area is 97.1 Å². The molecule has 0 aromatic heterocycles. The van der Waals surface area contributed by atoms with Crippen molar-refractivity contribution >= 4 is 17.7 Å². The van der Waals surface area contributed by atoms with Gasteiger partial charge in [-0.05, 0) is 12.3 Å². The molecule has 0 aliphatic carbocycles. The van der Waals surface area contributed by atoms with E-state index in [4.69, 9.17) is 5.73 Å². The first-order valence-corrected chi connectivity index (χ1v) is 6.28. The topological polar surface area (TPSA) is 52.3 Å². The Morgan fingerprint density at radius 3 is 2.33 bits per heavy atom. The molecule has 0 radical (unpaired) electrons. The van der Waals surface area contributed by atoms with Crippen LogP contribution in [-0.2, 0) is 9.53 Å². The summed E-state index contributed by atoms with van der Waals surface area (Å²) in [6, 6.07) is 0.132. The number of esters is 1. The molecule has 0 rings (SSSR count). The van der Waals surface area contributed by atoms with Gasteiger partial charge in [0.05, 0.1) is 13.5 Å². The molecule has 0 aromatic rings. The van der Waals surface area contributed by atoms with Gasteiger partial charge in [0, 0.05) is 17.0 Å². The number of rotatable bonds is 5. The van der Waals surface area contributed by atoms with E-state index in [0.29, 0.717) is 11.7 Å². The van der Waals surface area contributed by atoms with Crippen LogP contribution in [0.15, 0.2) is 0 Å². The van der Waals surface area contributed by atoms with Gasteiger partial charge in [-0.25, -0.2) is 0 Å². The molecule has 15 heavy (non-hydrogen) atoms. The molecule has 0 amide bonds. The van der Waals surface area contributed by atoms with Crippen molar-refractivity contribution in [3.05, 3.63) is 0 Å². The number of hydrogen-bond acceptors (Lipinski definition) is 4. The molecular weight excluding hydrogens is 210 g/mol. The number of nitrogens with two attached hydrogens (primary N) is 1. The second kappa shape index (κ2) is 6.38. The van der Waals surface area contributed by atoms with Gasteiger partial charge >= 0.3 is 5.97 Å². The highest BCUT2D eigenvalue weighted by Gasteiger charge is 2.28. The lowest BCUT2D eigenvalue weighted by Gasteiger charge is -2.33. The molecule has 2 unspecified atom stereocenters. The molecule has 2 atom stereocenters. The molecule has 0 aliphatic heterocycles. The molecule has 0 saturated heterocycles. The maximum Gasteiger partial charge on any atom is 0.306 e. The number of carbonyl (C=O) groups is 1. The molecule has 3 nitrogen and oxygen atoms in total. The number of ether oxygens (including phenoxy) is 1. The molecule has 0 aromatic carbocycles. The van der Waals surface area contributed by atoms with Crippen LogP contribution >= 0.6 is 11.8 Å². The Morgan fingerprint density at radius 2 is 2.00 bits per heavy atom.